The predicted octanol–water partition coefficient (Wildman–Crippen LogP) is 6.85. The molecule has 0 aliphatic rings. The first-order chi connectivity index (χ1) is 13.8. The van der Waals surface area contributed by atoms with E-state index in [1.54, 1.807) is 36.4 Å². The molecule has 3 rings (SSSR count). The molecule has 0 bridgehead atoms. The number of furan rings is 1. The summed E-state index contributed by atoms with van der Waals surface area (Å²) in [5.74, 6) is 0.670. The molecule has 8 heteroatoms. The number of carbonyl (C=O) groups is 1. The van der Waals surface area contributed by atoms with E-state index in [1.807, 2.05) is 25.1 Å². The molecule has 0 aliphatic carbocycles. The molecule has 4 nitrogen and oxygen atoms in total. The number of halogens is 3. The van der Waals surface area contributed by atoms with Crippen LogP contribution in [0.1, 0.15) is 11.3 Å². The van der Waals surface area contributed by atoms with Crippen molar-refractivity contribution < 1.29 is 9.21 Å². The fourth-order valence-electron chi connectivity index (χ4n) is 2.48. The fourth-order valence-corrected chi connectivity index (χ4v) is 3.34. The zero-order chi connectivity index (χ0) is 21.0. The number of thiocarbonyl (C=S) groups is 1. The van der Waals surface area contributed by atoms with Crippen LogP contribution in [0.3, 0.4) is 0 Å². The fraction of sp³-hybridized carbons (Fsp3) is 0.0476. The minimum Gasteiger partial charge on any atom is -0.457 e. The van der Waals surface area contributed by atoms with Crippen molar-refractivity contribution in [2.24, 2.45) is 0 Å². The van der Waals surface area contributed by atoms with Gasteiger partial charge in [-0.1, -0.05) is 45.2 Å². The van der Waals surface area contributed by atoms with Gasteiger partial charge in [0, 0.05) is 21.8 Å². The lowest BCUT2D eigenvalue weighted by atomic mass is 10.2. The monoisotopic (exact) mass is 508 g/mol. The van der Waals surface area contributed by atoms with E-state index in [9.17, 15) is 4.79 Å². The molecular formula is C21H15BrCl2N2O2S. The molecule has 1 amide bonds. The second-order valence-electron chi connectivity index (χ2n) is 6.04. The third-order valence-corrected chi connectivity index (χ3v) is 5.81. The highest BCUT2D eigenvalue weighted by molar-refractivity contribution is 9.10. The number of rotatable bonds is 4. The van der Waals surface area contributed by atoms with Gasteiger partial charge in [-0.25, -0.2) is 0 Å². The molecular weight excluding hydrogens is 495 g/mol. The van der Waals surface area contributed by atoms with Gasteiger partial charge in [0.05, 0.1) is 10.0 Å². The lowest BCUT2D eigenvalue weighted by Crippen LogP contribution is -2.32. The van der Waals surface area contributed by atoms with E-state index >= 15 is 0 Å². The molecule has 0 fully saturated rings. The van der Waals surface area contributed by atoms with Crippen molar-refractivity contribution in [3.63, 3.8) is 0 Å². The van der Waals surface area contributed by atoms with Crippen molar-refractivity contribution >= 4 is 74.1 Å². The maximum absolute atomic E-state index is 12.1. The van der Waals surface area contributed by atoms with E-state index < -0.39 is 0 Å². The number of amides is 1. The molecule has 3 aromatic rings. The molecule has 148 valence electrons. The minimum absolute atomic E-state index is 0.201. The second kappa shape index (κ2) is 9.59. The lowest BCUT2D eigenvalue weighted by molar-refractivity contribution is -0.115. The van der Waals surface area contributed by atoms with E-state index in [4.69, 9.17) is 39.8 Å². The molecule has 0 spiro atoms. The molecule has 0 atom stereocenters. The Bertz CT molecular complexity index is 1110. The summed E-state index contributed by atoms with van der Waals surface area (Å²) in [6, 6.07) is 14.5. The molecule has 0 unspecified atom stereocenters. The van der Waals surface area contributed by atoms with Crippen LogP contribution in [0.5, 0.6) is 0 Å². The summed E-state index contributed by atoms with van der Waals surface area (Å²) in [5.41, 5.74) is 2.52. The maximum Gasteiger partial charge on any atom is 0.250 e. The van der Waals surface area contributed by atoms with Crippen LogP contribution in [-0.4, -0.2) is 11.0 Å². The van der Waals surface area contributed by atoms with E-state index in [1.165, 1.54) is 6.08 Å². The lowest BCUT2D eigenvalue weighted by Gasteiger charge is -2.09. The maximum atomic E-state index is 12.1. The SMILES string of the molecule is Cc1cc(NC(=S)NC(=O)C=Cc2ccc(-c3cccc(Cl)c3Cl)o2)ccc1Br. The van der Waals surface area contributed by atoms with E-state index in [2.05, 4.69) is 26.6 Å². The van der Waals surface area contributed by atoms with Crippen molar-refractivity contribution in [2.75, 3.05) is 5.32 Å². The van der Waals surface area contributed by atoms with Crippen molar-refractivity contribution in [2.45, 2.75) is 6.92 Å². The molecule has 1 aromatic heterocycles. The Morgan fingerprint density at radius 1 is 1.17 bits per heavy atom. The molecule has 2 N–H and O–H groups in total. The van der Waals surface area contributed by atoms with Crippen molar-refractivity contribution in [1.82, 2.24) is 5.32 Å². The Kier molecular flexibility index (Phi) is 7.14. The second-order valence-corrected chi connectivity index (χ2v) is 8.09. The molecule has 0 radical (unpaired) electrons. The smallest absolute Gasteiger partial charge is 0.250 e. The highest BCUT2D eigenvalue weighted by Crippen LogP contribution is 2.34. The zero-order valence-electron chi connectivity index (χ0n) is 15.1. The average Bonchev–Trinajstić information content (AvgIpc) is 3.14. The van der Waals surface area contributed by atoms with Gasteiger partial charge in [-0.2, -0.15) is 0 Å². The van der Waals surface area contributed by atoms with Crippen molar-refractivity contribution in [3.05, 3.63) is 80.4 Å². The number of nitrogens with one attached hydrogen (secondary N) is 2. The van der Waals surface area contributed by atoms with Gasteiger partial charge in [0.15, 0.2) is 5.11 Å². The van der Waals surface area contributed by atoms with Crippen LogP contribution in [-0.2, 0) is 4.79 Å². The first-order valence-corrected chi connectivity index (χ1v) is 10.4. The van der Waals surface area contributed by atoms with Gasteiger partial charge in [0.1, 0.15) is 11.5 Å². The molecule has 0 saturated carbocycles. The Labute approximate surface area is 192 Å². The third-order valence-electron chi connectivity index (χ3n) is 3.90. The van der Waals surface area contributed by atoms with Gasteiger partial charge in [-0.3, -0.25) is 10.1 Å². The van der Waals surface area contributed by atoms with Crippen LogP contribution < -0.4 is 10.6 Å². The number of hydrogen-bond donors (Lipinski definition) is 2. The number of benzene rings is 2. The minimum atomic E-state index is -0.380. The molecule has 0 saturated heterocycles. The summed E-state index contributed by atoms with van der Waals surface area (Å²) >= 11 is 20.9. The highest BCUT2D eigenvalue weighted by Gasteiger charge is 2.10. The topological polar surface area (TPSA) is 54.3 Å². The van der Waals surface area contributed by atoms with Gasteiger partial charge < -0.3 is 9.73 Å². The largest absolute Gasteiger partial charge is 0.457 e. The Balaban J connectivity index is 1.60. The summed E-state index contributed by atoms with van der Waals surface area (Å²) in [6.45, 7) is 1.97. The highest BCUT2D eigenvalue weighted by atomic mass is 79.9. The van der Waals surface area contributed by atoms with Crippen LogP contribution in [0.2, 0.25) is 10.0 Å². The van der Waals surface area contributed by atoms with Crippen LogP contribution in [0.4, 0.5) is 5.69 Å². The standard InChI is InChI=1S/C21H15BrCl2N2O2S/c1-12-11-13(5-8-16(12)22)25-21(29)26-19(27)10-7-14-6-9-18(28-14)15-3-2-4-17(23)20(15)24/h2-11H,1H3,(H2,25,26,27,29). The van der Waals surface area contributed by atoms with Crippen molar-refractivity contribution in [1.29, 1.82) is 0 Å². The van der Waals surface area contributed by atoms with Crippen LogP contribution in [0, 0.1) is 6.92 Å². The van der Waals surface area contributed by atoms with Gasteiger partial charge >= 0.3 is 0 Å². The van der Waals surface area contributed by atoms with E-state index in [0.29, 0.717) is 27.1 Å². The van der Waals surface area contributed by atoms with Crippen LogP contribution in [0.25, 0.3) is 17.4 Å². The predicted molar refractivity (Wildman–Crippen MR) is 126 cm³/mol. The van der Waals surface area contributed by atoms with Gasteiger partial charge in [-0.05, 0) is 73.2 Å². The summed E-state index contributed by atoms with van der Waals surface area (Å²) in [7, 11) is 0. The van der Waals surface area contributed by atoms with E-state index in [0.717, 1.165) is 15.7 Å². The Morgan fingerprint density at radius 3 is 2.72 bits per heavy atom. The zero-order valence-corrected chi connectivity index (χ0v) is 19.0. The molecule has 2 aromatic carbocycles. The number of anilines is 1. The van der Waals surface area contributed by atoms with E-state index in [-0.39, 0.29) is 11.0 Å². The number of aryl methyl sites for hydroxylation is 1. The molecule has 0 aliphatic heterocycles. The quantitative estimate of drug-likeness (QED) is 0.298. The number of hydrogen-bond acceptors (Lipinski definition) is 3. The first kappa shape index (κ1) is 21.6. The Hall–Kier alpha value is -2.12. The molecule has 1 heterocycles. The summed E-state index contributed by atoms with van der Waals surface area (Å²) in [4.78, 5) is 12.1. The number of carbonyl (C=O) groups excluding carboxylic acids is 1. The van der Waals surface area contributed by atoms with Gasteiger partial charge in [0.2, 0.25) is 5.91 Å². The van der Waals surface area contributed by atoms with Crippen LogP contribution in [0.15, 0.2) is 63.5 Å². The Morgan fingerprint density at radius 2 is 1.97 bits per heavy atom. The van der Waals surface area contributed by atoms with Crippen molar-refractivity contribution in [3.8, 4) is 11.3 Å². The first-order valence-electron chi connectivity index (χ1n) is 8.44. The normalized spacial score (nSPS) is 10.9. The van der Waals surface area contributed by atoms with Gasteiger partial charge in [-0.15, -0.1) is 0 Å². The molecule has 29 heavy (non-hydrogen) atoms. The summed E-state index contributed by atoms with van der Waals surface area (Å²) in [5, 5.41) is 6.62. The summed E-state index contributed by atoms with van der Waals surface area (Å²) < 4.78 is 6.72. The summed E-state index contributed by atoms with van der Waals surface area (Å²) in [6.07, 6.45) is 2.88. The average molecular weight is 510 g/mol. The third kappa shape index (κ3) is 5.70. The van der Waals surface area contributed by atoms with Gasteiger partial charge in [0.25, 0.3) is 0 Å². The van der Waals surface area contributed by atoms with Crippen LogP contribution >= 0.6 is 51.3 Å².